The fourth-order valence-corrected chi connectivity index (χ4v) is 1.04. The summed E-state index contributed by atoms with van der Waals surface area (Å²) in [5.41, 5.74) is 5.97. The Morgan fingerprint density at radius 2 is 2.31 bits per heavy atom. The minimum Gasteiger partial charge on any atom is -0.370 e. The summed E-state index contributed by atoms with van der Waals surface area (Å²) >= 11 is 5.67. The topological polar surface area (TPSA) is 85.7 Å². The van der Waals surface area contributed by atoms with E-state index in [1.807, 2.05) is 6.07 Å². The van der Waals surface area contributed by atoms with E-state index in [2.05, 4.69) is 5.32 Å². The molecule has 0 saturated carbocycles. The van der Waals surface area contributed by atoms with Crippen LogP contribution in [-0.2, 0) is 0 Å². The normalized spacial score (nSPS) is 8.92. The van der Waals surface area contributed by atoms with Crippen LogP contribution in [0.2, 0.25) is 5.02 Å². The number of rotatable bonds is 1. The van der Waals surface area contributed by atoms with Gasteiger partial charge in [-0.25, -0.2) is 0 Å². The molecule has 0 radical (unpaired) electrons. The first-order valence-corrected chi connectivity index (χ1v) is 3.82. The van der Waals surface area contributed by atoms with Crippen molar-refractivity contribution in [3.63, 3.8) is 0 Å². The fraction of sp³-hybridized carbons (Fsp3) is 0. The van der Waals surface area contributed by atoms with E-state index >= 15 is 0 Å². The van der Waals surface area contributed by atoms with Crippen LogP contribution in [-0.4, -0.2) is 5.96 Å². The number of nitrogens with two attached hydrogens (primary N) is 1. The van der Waals surface area contributed by atoms with Crippen LogP contribution in [0.15, 0.2) is 18.2 Å². The Hall–Kier alpha value is -1.73. The lowest BCUT2D eigenvalue weighted by Gasteiger charge is -2.05. The van der Waals surface area contributed by atoms with Crippen LogP contribution in [0, 0.1) is 16.7 Å². The third-order valence-corrected chi connectivity index (χ3v) is 1.61. The van der Waals surface area contributed by atoms with E-state index in [9.17, 15) is 0 Å². The average Bonchev–Trinajstić information content (AvgIpc) is 2.07. The molecule has 0 saturated heterocycles. The number of nitrogens with one attached hydrogen (secondary N) is 2. The van der Waals surface area contributed by atoms with Gasteiger partial charge in [-0.2, -0.15) is 5.26 Å². The van der Waals surface area contributed by atoms with Crippen molar-refractivity contribution in [3.8, 4) is 6.07 Å². The van der Waals surface area contributed by atoms with Gasteiger partial charge in [-0.3, -0.25) is 5.41 Å². The largest absolute Gasteiger partial charge is 0.370 e. The van der Waals surface area contributed by atoms with Gasteiger partial charge in [-0.1, -0.05) is 11.6 Å². The maximum atomic E-state index is 8.70. The summed E-state index contributed by atoms with van der Waals surface area (Å²) in [4.78, 5) is 0. The number of anilines is 1. The summed E-state index contributed by atoms with van der Waals surface area (Å²) in [7, 11) is 0. The molecular weight excluding hydrogens is 188 g/mol. The van der Waals surface area contributed by atoms with E-state index in [1.54, 1.807) is 12.1 Å². The Morgan fingerprint density at radius 3 is 2.85 bits per heavy atom. The highest BCUT2D eigenvalue weighted by Crippen LogP contribution is 2.19. The fourth-order valence-electron chi connectivity index (χ4n) is 0.863. The molecule has 0 aromatic heterocycles. The van der Waals surface area contributed by atoms with Crippen LogP contribution in [0.4, 0.5) is 5.69 Å². The second-order valence-electron chi connectivity index (χ2n) is 2.34. The van der Waals surface area contributed by atoms with Crippen LogP contribution >= 0.6 is 11.6 Å². The predicted molar refractivity (Wildman–Crippen MR) is 51.7 cm³/mol. The molecule has 5 heteroatoms. The third kappa shape index (κ3) is 2.36. The predicted octanol–water partition coefficient (Wildman–Crippen LogP) is 1.52. The van der Waals surface area contributed by atoms with Gasteiger partial charge in [0, 0.05) is 5.02 Å². The van der Waals surface area contributed by atoms with Crippen LogP contribution in [0.3, 0.4) is 0 Å². The van der Waals surface area contributed by atoms with Crippen molar-refractivity contribution in [2.75, 3.05) is 5.32 Å². The van der Waals surface area contributed by atoms with Crippen molar-refractivity contribution in [3.05, 3.63) is 28.8 Å². The number of nitrogens with zero attached hydrogens (tertiary/aromatic N) is 1. The van der Waals surface area contributed by atoms with Gasteiger partial charge in [0.15, 0.2) is 5.96 Å². The maximum Gasteiger partial charge on any atom is 0.190 e. The second-order valence-corrected chi connectivity index (χ2v) is 2.78. The standard InChI is InChI=1S/C8H7ClN4/c9-6-1-2-7(13-8(11)12)5(3-6)4-10/h1-3H,(H4,11,12,13). The summed E-state index contributed by atoms with van der Waals surface area (Å²) in [5.74, 6) is -0.209. The van der Waals surface area contributed by atoms with Crippen molar-refractivity contribution in [2.24, 2.45) is 5.73 Å². The molecule has 0 spiro atoms. The van der Waals surface area contributed by atoms with Crippen LogP contribution in [0.5, 0.6) is 0 Å². The van der Waals surface area contributed by atoms with Gasteiger partial charge in [-0.15, -0.1) is 0 Å². The lowest BCUT2D eigenvalue weighted by molar-refractivity contribution is 1.40. The van der Waals surface area contributed by atoms with Crippen molar-refractivity contribution in [1.29, 1.82) is 10.7 Å². The number of nitriles is 1. The molecule has 0 aliphatic heterocycles. The van der Waals surface area contributed by atoms with Crippen molar-refractivity contribution < 1.29 is 0 Å². The number of guanidine groups is 1. The number of hydrogen-bond acceptors (Lipinski definition) is 2. The Labute approximate surface area is 80.4 Å². The second kappa shape index (κ2) is 3.78. The smallest absolute Gasteiger partial charge is 0.190 e. The zero-order valence-corrected chi connectivity index (χ0v) is 7.39. The molecule has 66 valence electrons. The van der Waals surface area contributed by atoms with E-state index < -0.39 is 0 Å². The SMILES string of the molecule is N#Cc1cc(Cl)ccc1NC(=N)N. The van der Waals surface area contributed by atoms with Crippen molar-refractivity contribution >= 4 is 23.2 Å². The zero-order valence-electron chi connectivity index (χ0n) is 6.63. The molecule has 0 aliphatic carbocycles. The van der Waals surface area contributed by atoms with Crippen LogP contribution in [0.1, 0.15) is 5.56 Å². The molecular formula is C8H7ClN4. The Bertz CT molecular complexity index is 380. The molecule has 1 aromatic carbocycles. The van der Waals surface area contributed by atoms with E-state index in [0.29, 0.717) is 16.3 Å². The lowest BCUT2D eigenvalue weighted by atomic mass is 10.2. The molecule has 1 rings (SSSR count). The number of hydrogen-bond donors (Lipinski definition) is 3. The molecule has 0 amide bonds. The van der Waals surface area contributed by atoms with Gasteiger partial charge in [0.1, 0.15) is 6.07 Å². The molecule has 0 fully saturated rings. The van der Waals surface area contributed by atoms with E-state index in [4.69, 9.17) is 28.0 Å². The van der Waals surface area contributed by atoms with Crippen molar-refractivity contribution in [1.82, 2.24) is 0 Å². The van der Waals surface area contributed by atoms with Crippen LogP contribution in [0.25, 0.3) is 0 Å². The van der Waals surface area contributed by atoms with Gasteiger partial charge in [0.25, 0.3) is 0 Å². The van der Waals surface area contributed by atoms with E-state index in [-0.39, 0.29) is 5.96 Å². The molecule has 0 bridgehead atoms. The summed E-state index contributed by atoms with van der Waals surface area (Å²) in [6, 6.07) is 6.67. The Balaban J connectivity index is 3.08. The van der Waals surface area contributed by atoms with Gasteiger partial charge in [0.05, 0.1) is 11.3 Å². The lowest BCUT2D eigenvalue weighted by Crippen LogP contribution is -2.20. The summed E-state index contributed by atoms with van der Waals surface area (Å²) in [6.45, 7) is 0. The van der Waals surface area contributed by atoms with Gasteiger partial charge >= 0.3 is 0 Å². The minimum atomic E-state index is -0.209. The highest BCUT2D eigenvalue weighted by Gasteiger charge is 2.02. The molecule has 4 N–H and O–H groups in total. The Kier molecular flexibility index (Phi) is 2.72. The molecule has 0 heterocycles. The zero-order chi connectivity index (χ0) is 9.84. The molecule has 0 aliphatic rings. The number of halogens is 1. The van der Waals surface area contributed by atoms with Crippen molar-refractivity contribution in [2.45, 2.75) is 0 Å². The van der Waals surface area contributed by atoms with E-state index in [0.717, 1.165) is 0 Å². The summed E-state index contributed by atoms with van der Waals surface area (Å²) in [5, 5.41) is 18.7. The molecule has 0 atom stereocenters. The Morgan fingerprint density at radius 1 is 1.62 bits per heavy atom. The van der Waals surface area contributed by atoms with E-state index in [1.165, 1.54) is 6.07 Å². The summed E-state index contributed by atoms with van der Waals surface area (Å²) in [6.07, 6.45) is 0. The van der Waals surface area contributed by atoms with Crippen LogP contribution < -0.4 is 11.1 Å². The highest BCUT2D eigenvalue weighted by molar-refractivity contribution is 6.30. The van der Waals surface area contributed by atoms with Gasteiger partial charge in [0.2, 0.25) is 0 Å². The maximum absolute atomic E-state index is 8.70. The van der Waals surface area contributed by atoms with Gasteiger partial charge < -0.3 is 11.1 Å². The highest BCUT2D eigenvalue weighted by atomic mass is 35.5. The quantitative estimate of drug-likeness (QED) is 0.468. The first-order valence-electron chi connectivity index (χ1n) is 3.44. The monoisotopic (exact) mass is 194 g/mol. The first kappa shape index (κ1) is 9.36. The molecule has 13 heavy (non-hydrogen) atoms. The summed E-state index contributed by atoms with van der Waals surface area (Å²) < 4.78 is 0. The average molecular weight is 195 g/mol. The molecule has 1 aromatic rings. The minimum absolute atomic E-state index is 0.209. The molecule has 0 unspecified atom stereocenters. The molecule has 4 nitrogen and oxygen atoms in total. The number of benzene rings is 1. The first-order chi connectivity index (χ1) is 6.13. The third-order valence-electron chi connectivity index (χ3n) is 1.37. The van der Waals surface area contributed by atoms with Gasteiger partial charge in [-0.05, 0) is 18.2 Å².